The molecule has 1 rings (SSSR count). The van der Waals surface area contributed by atoms with Gasteiger partial charge < -0.3 is 5.73 Å². The van der Waals surface area contributed by atoms with Crippen molar-refractivity contribution < 1.29 is 13.2 Å². The molecular formula is C11H12ClF3N2S. The zero-order chi connectivity index (χ0) is 13.8. The highest BCUT2D eigenvalue weighted by atomic mass is 35.5. The van der Waals surface area contributed by atoms with Gasteiger partial charge in [-0.25, -0.2) is 4.99 Å². The van der Waals surface area contributed by atoms with Crippen LogP contribution in [-0.4, -0.2) is 18.0 Å². The van der Waals surface area contributed by atoms with Gasteiger partial charge in [0, 0.05) is 5.75 Å². The first kappa shape index (κ1) is 15.2. The van der Waals surface area contributed by atoms with Crippen LogP contribution < -0.4 is 5.73 Å². The fraction of sp³-hybridized carbons (Fsp3) is 0.364. The molecule has 1 aromatic rings. The predicted octanol–water partition coefficient (Wildman–Crippen LogP) is 3.80. The molecule has 0 saturated heterocycles. The number of hydrogen-bond donors (Lipinski definition) is 1. The number of rotatable bonds is 4. The first-order valence-electron chi connectivity index (χ1n) is 4.97. The fourth-order valence-electron chi connectivity index (χ4n) is 1.40. The summed E-state index contributed by atoms with van der Waals surface area (Å²) >= 11 is 6.87. The molecule has 0 aliphatic heterocycles. The number of para-hydroxylation sites is 1. The standard InChI is InChI=1S/C11H12ClF3N2S/c1-18-6-7-3-2-4-8(11(13,14)15)10(7)17-9(16)5-12/h2-4H,5-6H2,1H3,(H2,16,17). The van der Waals surface area contributed by atoms with Crippen molar-refractivity contribution in [2.45, 2.75) is 11.9 Å². The Balaban J connectivity index is 3.39. The van der Waals surface area contributed by atoms with Crippen LogP contribution in [-0.2, 0) is 11.9 Å². The van der Waals surface area contributed by atoms with Gasteiger partial charge in [-0.2, -0.15) is 24.9 Å². The molecule has 0 radical (unpaired) electrons. The largest absolute Gasteiger partial charge is 0.418 e. The minimum atomic E-state index is -4.46. The summed E-state index contributed by atoms with van der Waals surface area (Å²) in [5, 5.41) is 0. The number of amidine groups is 1. The van der Waals surface area contributed by atoms with Crippen LogP contribution >= 0.6 is 23.4 Å². The van der Waals surface area contributed by atoms with Crippen molar-refractivity contribution in [3.8, 4) is 0 Å². The molecule has 100 valence electrons. The first-order valence-corrected chi connectivity index (χ1v) is 6.90. The highest BCUT2D eigenvalue weighted by molar-refractivity contribution is 7.97. The van der Waals surface area contributed by atoms with E-state index in [1.807, 2.05) is 0 Å². The Morgan fingerprint density at radius 3 is 2.61 bits per heavy atom. The average molecular weight is 297 g/mol. The number of benzene rings is 1. The molecule has 2 nitrogen and oxygen atoms in total. The van der Waals surface area contributed by atoms with Crippen LogP contribution in [0.15, 0.2) is 23.2 Å². The summed E-state index contributed by atoms with van der Waals surface area (Å²) in [5.41, 5.74) is 4.99. The topological polar surface area (TPSA) is 38.4 Å². The molecule has 0 aromatic heterocycles. The molecule has 0 saturated carbocycles. The molecule has 0 bridgehead atoms. The summed E-state index contributed by atoms with van der Waals surface area (Å²) < 4.78 is 38.6. The third-order valence-electron chi connectivity index (χ3n) is 2.12. The summed E-state index contributed by atoms with van der Waals surface area (Å²) in [6, 6.07) is 3.96. The summed E-state index contributed by atoms with van der Waals surface area (Å²) in [7, 11) is 0. The Morgan fingerprint density at radius 1 is 1.44 bits per heavy atom. The molecule has 0 fully saturated rings. The van der Waals surface area contributed by atoms with Gasteiger partial charge in [-0.05, 0) is 17.9 Å². The monoisotopic (exact) mass is 296 g/mol. The SMILES string of the molecule is CSCc1cccc(C(F)(F)F)c1N=C(N)CCl. The van der Waals surface area contributed by atoms with Crippen molar-refractivity contribution in [3.63, 3.8) is 0 Å². The van der Waals surface area contributed by atoms with E-state index in [1.54, 1.807) is 12.3 Å². The van der Waals surface area contributed by atoms with Crippen LogP contribution in [0.25, 0.3) is 0 Å². The number of aliphatic imine (C=N–C) groups is 1. The highest BCUT2D eigenvalue weighted by Crippen LogP contribution is 2.39. The zero-order valence-corrected chi connectivity index (χ0v) is 11.2. The van der Waals surface area contributed by atoms with Crippen LogP contribution in [0, 0.1) is 0 Å². The molecule has 1 aromatic carbocycles. The molecule has 7 heteroatoms. The van der Waals surface area contributed by atoms with E-state index in [-0.39, 0.29) is 17.4 Å². The highest BCUT2D eigenvalue weighted by Gasteiger charge is 2.34. The van der Waals surface area contributed by atoms with Crippen LogP contribution in [0.2, 0.25) is 0 Å². The second-order valence-electron chi connectivity index (χ2n) is 3.48. The van der Waals surface area contributed by atoms with Crippen molar-refractivity contribution in [2.75, 3.05) is 12.1 Å². The van der Waals surface area contributed by atoms with E-state index in [4.69, 9.17) is 17.3 Å². The van der Waals surface area contributed by atoms with Gasteiger partial charge in [0.2, 0.25) is 0 Å². The van der Waals surface area contributed by atoms with Crippen molar-refractivity contribution >= 4 is 34.9 Å². The number of nitrogens with two attached hydrogens (primary N) is 1. The molecule has 0 atom stereocenters. The number of thioether (sulfide) groups is 1. The molecule has 0 amide bonds. The maximum atomic E-state index is 12.9. The van der Waals surface area contributed by atoms with Gasteiger partial charge in [-0.15, -0.1) is 11.6 Å². The minimum absolute atomic E-state index is 0.0317. The van der Waals surface area contributed by atoms with E-state index in [1.165, 1.54) is 17.8 Å². The molecule has 0 spiro atoms. The van der Waals surface area contributed by atoms with Crippen LogP contribution in [0.5, 0.6) is 0 Å². The summed E-state index contributed by atoms with van der Waals surface area (Å²) in [6.07, 6.45) is -2.65. The Morgan fingerprint density at radius 2 is 2.11 bits per heavy atom. The van der Waals surface area contributed by atoms with E-state index in [0.29, 0.717) is 11.3 Å². The smallest absolute Gasteiger partial charge is 0.386 e. The first-order chi connectivity index (χ1) is 8.40. The zero-order valence-electron chi connectivity index (χ0n) is 9.59. The van der Waals surface area contributed by atoms with Gasteiger partial charge >= 0.3 is 6.18 Å². The number of alkyl halides is 4. The van der Waals surface area contributed by atoms with Gasteiger partial charge in [0.1, 0.15) is 5.84 Å². The lowest BCUT2D eigenvalue weighted by Crippen LogP contribution is -2.14. The quantitative estimate of drug-likeness (QED) is 0.521. The van der Waals surface area contributed by atoms with E-state index < -0.39 is 11.7 Å². The summed E-state index contributed by atoms with van der Waals surface area (Å²) in [4.78, 5) is 3.79. The lowest BCUT2D eigenvalue weighted by Gasteiger charge is -2.13. The Kier molecular flexibility index (Phi) is 5.34. The van der Waals surface area contributed by atoms with E-state index >= 15 is 0 Å². The van der Waals surface area contributed by atoms with Gasteiger partial charge in [0.15, 0.2) is 0 Å². The lowest BCUT2D eigenvalue weighted by molar-refractivity contribution is -0.137. The predicted molar refractivity (Wildman–Crippen MR) is 70.7 cm³/mol. The fourth-order valence-corrected chi connectivity index (χ4v) is 2.00. The van der Waals surface area contributed by atoms with Crippen molar-refractivity contribution in [1.82, 2.24) is 0 Å². The molecule has 0 aliphatic carbocycles. The lowest BCUT2D eigenvalue weighted by atomic mass is 10.1. The van der Waals surface area contributed by atoms with Gasteiger partial charge in [-0.3, -0.25) is 0 Å². The Hall–Kier alpha value is -0.880. The van der Waals surface area contributed by atoms with E-state index in [0.717, 1.165) is 6.07 Å². The van der Waals surface area contributed by atoms with Gasteiger partial charge in [0.05, 0.1) is 17.1 Å². The third-order valence-corrected chi connectivity index (χ3v) is 2.99. The van der Waals surface area contributed by atoms with Crippen molar-refractivity contribution in [1.29, 1.82) is 0 Å². The number of nitrogens with zero attached hydrogens (tertiary/aromatic N) is 1. The van der Waals surface area contributed by atoms with Crippen LogP contribution in [0.4, 0.5) is 18.9 Å². The Bertz CT molecular complexity index is 446. The van der Waals surface area contributed by atoms with Gasteiger partial charge in [-0.1, -0.05) is 12.1 Å². The van der Waals surface area contributed by atoms with Crippen LogP contribution in [0.1, 0.15) is 11.1 Å². The van der Waals surface area contributed by atoms with Crippen molar-refractivity contribution in [3.05, 3.63) is 29.3 Å². The second kappa shape index (κ2) is 6.33. The Labute approximate surface area is 112 Å². The normalized spacial score (nSPS) is 12.8. The van der Waals surface area contributed by atoms with Crippen LogP contribution in [0.3, 0.4) is 0 Å². The van der Waals surface area contributed by atoms with Crippen molar-refractivity contribution in [2.24, 2.45) is 10.7 Å². The maximum Gasteiger partial charge on any atom is 0.418 e. The summed E-state index contributed by atoms with van der Waals surface area (Å²) in [5.74, 6) is 0.291. The molecule has 18 heavy (non-hydrogen) atoms. The average Bonchev–Trinajstić information content (AvgIpc) is 2.30. The minimum Gasteiger partial charge on any atom is -0.386 e. The molecule has 0 unspecified atom stereocenters. The van der Waals surface area contributed by atoms with Gasteiger partial charge in [0.25, 0.3) is 0 Å². The second-order valence-corrected chi connectivity index (χ2v) is 4.61. The summed E-state index contributed by atoms with van der Waals surface area (Å²) in [6.45, 7) is 0. The molecule has 0 heterocycles. The third kappa shape index (κ3) is 3.81. The molecular weight excluding hydrogens is 285 g/mol. The van der Waals surface area contributed by atoms with E-state index in [9.17, 15) is 13.2 Å². The maximum absolute atomic E-state index is 12.9. The molecule has 2 N–H and O–H groups in total. The molecule has 0 aliphatic rings. The van der Waals surface area contributed by atoms with E-state index in [2.05, 4.69) is 4.99 Å². The number of hydrogen-bond acceptors (Lipinski definition) is 2. The number of halogens is 4.